The molecule has 0 aliphatic carbocycles. The number of primary sulfonamides is 1. The maximum atomic E-state index is 12.1. The van der Waals surface area contributed by atoms with Crippen molar-refractivity contribution in [3.05, 3.63) is 41.7 Å². The Morgan fingerprint density at radius 2 is 1.96 bits per heavy atom. The van der Waals surface area contributed by atoms with Crippen molar-refractivity contribution in [3.63, 3.8) is 0 Å². The first-order chi connectivity index (χ1) is 11.8. The zero-order valence-corrected chi connectivity index (χ0v) is 14.6. The monoisotopic (exact) mass is 367 g/mol. The average molecular weight is 367 g/mol. The molecule has 0 fully saturated rings. The van der Waals surface area contributed by atoms with Crippen LogP contribution >= 0.6 is 0 Å². The Kier molecular flexibility index (Phi) is 6.26. The fraction of sp³-hybridized carbons (Fsp3) is 0.333. The molecule has 5 N–H and O–H groups in total. The summed E-state index contributed by atoms with van der Waals surface area (Å²) in [6.45, 7) is 3.40. The van der Waals surface area contributed by atoms with Crippen molar-refractivity contribution in [1.29, 1.82) is 0 Å². The topological polar surface area (TPSA) is 142 Å². The number of rotatable bonds is 8. The van der Waals surface area contributed by atoms with Gasteiger partial charge in [-0.2, -0.15) is 5.10 Å². The molecule has 0 radical (unpaired) electrons. The molecule has 2 rings (SSSR count). The molecule has 0 unspecified atom stereocenters. The van der Waals surface area contributed by atoms with Gasteiger partial charge in [0.25, 0.3) is 5.91 Å². The molecule has 1 aromatic carbocycles. The van der Waals surface area contributed by atoms with Crippen molar-refractivity contribution in [2.24, 2.45) is 10.9 Å². The van der Waals surface area contributed by atoms with E-state index < -0.39 is 10.0 Å². The first kappa shape index (κ1) is 19.1. The van der Waals surface area contributed by atoms with E-state index in [2.05, 4.69) is 10.4 Å². The van der Waals surface area contributed by atoms with Crippen LogP contribution in [0.15, 0.2) is 35.2 Å². The van der Waals surface area contributed by atoms with Crippen molar-refractivity contribution in [2.45, 2.75) is 11.8 Å². The number of carbonyl (C=O) groups excluding carboxylic acids is 1. The van der Waals surface area contributed by atoms with Crippen molar-refractivity contribution in [2.75, 3.05) is 26.3 Å². The molecule has 1 aromatic heterocycles. The molecular formula is C15H21N5O4S. The van der Waals surface area contributed by atoms with E-state index in [1.807, 2.05) is 0 Å². The highest BCUT2D eigenvalue weighted by Gasteiger charge is 2.14. The van der Waals surface area contributed by atoms with Crippen LogP contribution in [-0.4, -0.2) is 50.4 Å². The van der Waals surface area contributed by atoms with Gasteiger partial charge in [-0.05, 0) is 37.3 Å². The molecular weight excluding hydrogens is 346 g/mol. The normalized spacial score (nSPS) is 11.5. The van der Waals surface area contributed by atoms with E-state index in [0.29, 0.717) is 32.0 Å². The number of carbonyl (C=O) groups is 1. The number of nitrogens with zero attached hydrogens (tertiary/aromatic N) is 2. The number of nitrogens with two attached hydrogens (primary N) is 2. The standard InChI is InChI=1S/C15H21N5O4S/c1-11-10-14(15(21)18-7-9-24-8-6-16)19-20(11)12-2-4-13(5-3-12)25(17,22)23/h2-5,10H,6-9,16H2,1H3,(H,18,21)(H2,17,22,23). The second kappa shape index (κ2) is 8.21. The van der Waals surface area contributed by atoms with Gasteiger partial charge >= 0.3 is 0 Å². The number of aromatic nitrogens is 2. The Bertz CT molecular complexity index is 830. The van der Waals surface area contributed by atoms with E-state index >= 15 is 0 Å². The maximum absolute atomic E-state index is 12.1. The smallest absolute Gasteiger partial charge is 0.271 e. The molecule has 0 aliphatic heterocycles. The lowest BCUT2D eigenvalue weighted by atomic mass is 10.3. The molecule has 0 spiro atoms. The predicted octanol–water partition coefficient (Wildman–Crippen LogP) is -0.467. The number of benzene rings is 1. The zero-order valence-electron chi connectivity index (χ0n) is 13.8. The van der Waals surface area contributed by atoms with Gasteiger partial charge in [-0.25, -0.2) is 18.2 Å². The molecule has 9 nitrogen and oxygen atoms in total. The van der Waals surface area contributed by atoms with Gasteiger partial charge < -0.3 is 15.8 Å². The van der Waals surface area contributed by atoms with E-state index in [1.165, 1.54) is 12.1 Å². The van der Waals surface area contributed by atoms with Crippen LogP contribution in [0.3, 0.4) is 0 Å². The van der Waals surface area contributed by atoms with Crippen LogP contribution < -0.4 is 16.2 Å². The van der Waals surface area contributed by atoms with Gasteiger partial charge in [-0.3, -0.25) is 4.79 Å². The van der Waals surface area contributed by atoms with Gasteiger partial charge in [0.05, 0.1) is 23.8 Å². The fourth-order valence-corrected chi connectivity index (χ4v) is 2.65. The third kappa shape index (κ3) is 5.10. The number of amides is 1. The lowest BCUT2D eigenvalue weighted by Gasteiger charge is -2.05. The van der Waals surface area contributed by atoms with Crippen LogP contribution in [0.25, 0.3) is 5.69 Å². The molecule has 0 saturated carbocycles. The quantitative estimate of drug-likeness (QED) is 0.539. The Morgan fingerprint density at radius 3 is 2.56 bits per heavy atom. The summed E-state index contributed by atoms with van der Waals surface area (Å²) in [5, 5.41) is 12.0. The minimum atomic E-state index is -3.75. The van der Waals surface area contributed by atoms with E-state index in [1.54, 1.807) is 29.8 Å². The summed E-state index contributed by atoms with van der Waals surface area (Å²) < 4.78 is 29.3. The minimum Gasteiger partial charge on any atom is -0.378 e. The first-order valence-corrected chi connectivity index (χ1v) is 9.13. The van der Waals surface area contributed by atoms with E-state index in [9.17, 15) is 13.2 Å². The molecule has 0 saturated heterocycles. The summed E-state index contributed by atoms with van der Waals surface area (Å²) in [4.78, 5) is 12.1. The molecule has 10 heteroatoms. The summed E-state index contributed by atoms with van der Waals surface area (Å²) in [5.74, 6) is -0.320. The highest BCUT2D eigenvalue weighted by molar-refractivity contribution is 7.89. The lowest BCUT2D eigenvalue weighted by Crippen LogP contribution is -2.28. The number of nitrogens with one attached hydrogen (secondary N) is 1. The molecule has 0 atom stereocenters. The van der Waals surface area contributed by atoms with Gasteiger partial charge in [0.1, 0.15) is 0 Å². The van der Waals surface area contributed by atoms with Gasteiger partial charge in [0.15, 0.2) is 5.69 Å². The molecule has 136 valence electrons. The summed E-state index contributed by atoms with van der Waals surface area (Å²) in [5.41, 5.74) is 6.91. The number of ether oxygens (including phenoxy) is 1. The van der Waals surface area contributed by atoms with Crippen molar-refractivity contribution < 1.29 is 17.9 Å². The molecule has 25 heavy (non-hydrogen) atoms. The number of aryl methyl sites for hydroxylation is 1. The minimum absolute atomic E-state index is 0.0107. The lowest BCUT2D eigenvalue weighted by molar-refractivity contribution is 0.0914. The maximum Gasteiger partial charge on any atom is 0.271 e. The summed E-state index contributed by atoms with van der Waals surface area (Å²) in [6.07, 6.45) is 0. The van der Waals surface area contributed by atoms with E-state index in [-0.39, 0.29) is 16.5 Å². The first-order valence-electron chi connectivity index (χ1n) is 7.59. The second-order valence-corrected chi connectivity index (χ2v) is 6.84. The van der Waals surface area contributed by atoms with Gasteiger partial charge in [-0.1, -0.05) is 0 Å². The predicted molar refractivity (Wildman–Crippen MR) is 91.9 cm³/mol. The van der Waals surface area contributed by atoms with Gasteiger partial charge in [0, 0.05) is 18.8 Å². The second-order valence-electron chi connectivity index (χ2n) is 5.28. The van der Waals surface area contributed by atoms with Crippen LogP contribution in [0, 0.1) is 6.92 Å². The number of hydrogen-bond donors (Lipinski definition) is 3. The largest absolute Gasteiger partial charge is 0.378 e. The van der Waals surface area contributed by atoms with E-state index in [4.69, 9.17) is 15.6 Å². The summed E-state index contributed by atoms with van der Waals surface area (Å²) >= 11 is 0. The van der Waals surface area contributed by atoms with Crippen LogP contribution in [0.2, 0.25) is 0 Å². The Morgan fingerprint density at radius 1 is 1.28 bits per heavy atom. The van der Waals surface area contributed by atoms with Crippen molar-refractivity contribution in [3.8, 4) is 5.69 Å². The number of sulfonamides is 1. The highest BCUT2D eigenvalue weighted by atomic mass is 32.2. The van der Waals surface area contributed by atoms with E-state index in [0.717, 1.165) is 5.69 Å². The van der Waals surface area contributed by atoms with Crippen molar-refractivity contribution >= 4 is 15.9 Å². The summed E-state index contributed by atoms with van der Waals surface area (Å²) in [7, 11) is -3.75. The van der Waals surface area contributed by atoms with Crippen LogP contribution in [-0.2, 0) is 14.8 Å². The van der Waals surface area contributed by atoms with Crippen molar-refractivity contribution in [1.82, 2.24) is 15.1 Å². The number of hydrogen-bond acceptors (Lipinski definition) is 6. The highest BCUT2D eigenvalue weighted by Crippen LogP contribution is 2.15. The molecule has 1 amide bonds. The third-order valence-corrected chi connectivity index (χ3v) is 4.25. The van der Waals surface area contributed by atoms with Gasteiger partial charge in [0.2, 0.25) is 10.0 Å². The zero-order chi connectivity index (χ0) is 18.4. The molecule has 0 bridgehead atoms. The van der Waals surface area contributed by atoms with Crippen LogP contribution in [0.1, 0.15) is 16.2 Å². The van der Waals surface area contributed by atoms with Crippen LogP contribution in [0.4, 0.5) is 0 Å². The molecule has 1 heterocycles. The average Bonchev–Trinajstić information content (AvgIpc) is 2.96. The SMILES string of the molecule is Cc1cc(C(=O)NCCOCCN)nn1-c1ccc(S(N)(=O)=O)cc1. The fourth-order valence-electron chi connectivity index (χ4n) is 2.14. The van der Waals surface area contributed by atoms with Gasteiger partial charge in [-0.15, -0.1) is 0 Å². The summed E-state index contributed by atoms with van der Waals surface area (Å²) in [6, 6.07) is 7.56. The Hall–Kier alpha value is -2.27. The van der Waals surface area contributed by atoms with Crippen LogP contribution in [0.5, 0.6) is 0 Å². The Labute approximate surface area is 146 Å². The molecule has 2 aromatic rings. The third-order valence-electron chi connectivity index (χ3n) is 3.32. The Balaban J connectivity index is 2.08. The molecule has 0 aliphatic rings.